The van der Waals surface area contributed by atoms with Gasteiger partial charge in [-0.1, -0.05) is 51.7 Å². The van der Waals surface area contributed by atoms with E-state index < -0.39 is 0 Å². The van der Waals surface area contributed by atoms with Crippen LogP contribution in [0.3, 0.4) is 0 Å². The van der Waals surface area contributed by atoms with Crippen LogP contribution in [-0.4, -0.2) is 11.8 Å². The molecule has 34 heavy (non-hydrogen) atoms. The van der Waals surface area contributed by atoms with Crippen molar-refractivity contribution in [3.8, 4) is 11.1 Å². The molecule has 2 aliphatic carbocycles. The standard InChI is InChI=1S/C30H40N2O2/c1-5-7-9-23-17-25(23)29(33)31-27-13-11-21(15-19(27)3)22-12-14-28(20(4)16-22)32-30(34)26-18-24(26)10-8-6-2/h11-16,23-26H,5-10,17-18H2,1-4H3,(H,31,33)(H,32,34)/t23-,24-,25-,26+/m0/s1. The molecular formula is C30H40N2O2. The largest absolute Gasteiger partial charge is 0.326 e. The fourth-order valence-corrected chi connectivity index (χ4v) is 5.13. The molecule has 2 N–H and O–H groups in total. The molecule has 0 bridgehead atoms. The molecule has 4 rings (SSSR count). The van der Waals surface area contributed by atoms with Crippen molar-refractivity contribution in [2.45, 2.75) is 79.1 Å². The van der Waals surface area contributed by atoms with Gasteiger partial charge in [-0.3, -0.25) is 9.59 Å². The number of hydrogen-bond acceptors (Lipinski definition) is 2. The fraction of sp³-hybridized carbons (Fsp3) is 0.533. The molecule has 4 heteroatoms. The van der Waals surface area contributed by atoms with Crippen molar-refractivity contribution in [1.82, 2.24) is 0 Å². The molecule has 2 amide bonds. The molecule has 182 valence electrons. The maximum absolute atomic E-state index is 12.6. The summed E-state index contributed by atoms with van der Waals surface area (Å²) in [7, 11) is 0. The number of aryl methyl sites for hydroxylation is 2. The smallest absolute Gasteiger partial charge is 0.227 e. The zero-order chi connectivity index (χ0) is 24.2. The predicted molar refractivity (Wildman–Crippen MR) is 141 cm³/mol. The minimum atomic E-state index is 0.167. The van der Waals surface area contributed by atoms with Crippen LogP contribution in [0.5, 0.6) is 0 Å². The summed E-state index contributed by atoms with van der Waals surface area (Å²) in [5.41, 5.74) is 6.17. The summed E-state index contributed by atoms with van der Waals surface area (Å²) in [5, 5.41) is 6.29. The highest BCUT2D eigenvalue weighted by Crippen LogP contribution is 2.44. The van der Waals surface area contributed by atoms with Gasteiger partial charge in [0.1, 0.15) is 0 Å². The number of benzene rings is 2. The van der Waals surface area contributed by atoms with Gasteiger partial charge in [0.25, 0.3) is 0 Å². The Labute approximate surface area is 204 Å². The van der Waals surface area contributed by atoms with Crippen LogP contribution in [0.15, 0.2) is 36.4 Å². The summed E-state index contributed by atoms with van der Waals surface area (Å²) in [6.07, 6.45) is 9.21. The molecule has 2 aromatic carbocycles. The maximum atomic E-state index is 12.6. The number of anilines is 2. The number of nitrogens with one attached hydrogen (secondary N) is 2. The average molecular weight is 461 g/mol. The van der Waals surface area contributed by atoms with Crippen molar-refractivity contribution in [3.63, 3.8) is 0 Å². The summed E-state index contributed by atoms with van der Waals surface area (Å²) in [6, 6.07) is 12.4. The van der Waals surface area contributed by atoms with Crippen LogP contribution in [0, 0.1) is 37.5 Å². The molecule has 0 heterocycles. The van der Waals surface area contributed by atoms with Crippen LogP contribution in [0.25, 0.3) is 11.1 Å². The first kappa shape index (κ1) is 24.5. The normalized spacial score (nSPS) is 22.8. The van der Waals surface area contributed by atoms with Crippen molar-refractivity contribution in [2.75, 3.05) is 10.6 Å². The highest BCUT2D eigenvalue weighted by atomic mass is 16.2. The molecule has 0 unspecified atom stereocenters. The van der Waals surface area contributed by atoms with Gasteiger partial charge in [-0.15, -0.1) is 0 Å². The third-order valence-corrected chi connectivity index (χ3v) is 7.68. The molecule has 0 aliphatic heterocycles. The highest BCUT2D eigenvalue weighted by molar-refractivity contribution is 5.96. The zero-order valence-corrected chi connectivity index (χ0v) is 21.2. The summed E-state index contributed by atoms with van der Waals surface area (Å²) in [6.45, 7) is 8.50. The fourth-order valence-electron chi connectivity index (χ4n) is 5.13. The van der Waals surface area contributed by atoms with Crippen LogP contribution in [0.1, 0.15) is 76.3 Å². The van der Waals surface area contributed by atoms with Crippen molar-refractivity contribution in [2.24, 2.45) is 23.7 Å². The van der Waals surface area contributed by atoms with E-state index in [-0.39, 0.29) is 23.7 Å². The lowest BCUT2D eigenvalue weighted by molar-refractivity contribution is -0.118. The highest BCUT2D eigenvalue weighted by Gasteiger charge is 2.42. The lowest BCUT2D eigenvalue weighted by Crippen LogP contribution is -2.15. The van der Waals surface area contributed by atoms with E-state index in [1.54, 1.807) is 0 Å². The second-order valence-electron chi connectivity index (χ2n) is 10.5. The second kappa shape index (κ2) is 10.8. The molecule has 0 saturated heterocycles. The van der Waals surface area contributed by atoms with Crippen LogP contribution >= 0.6 is 0 Å². The molecule has 0 spiro atoms. The molecule has 0 aromatic heterocycles. The van der Waals surface area contributed by atoms with Gasteiger partial charge in [0.15, 0.2) is 0 Å². The van der Waals surface area contributed by atoms with E-state index in [1.165, 1.54) is 38.5 Å². The Morgan fingerprint density at radius 2 is 1.15 bits per heavy atom. The Morgan fingerprint density at radius 3 is 1.50 bits per heavy atom. The first-order valence-corrected chi connectivity index (χ1v) is 13.2. The van der Waals surface area contributed by atoms with E-state index in [2.05, 4.69) is 48.7 Å². The van der Waals surface area contributed by atoms with Crippen molar-refractivity contribution in [1.29, 1.82) is 0 Å². The van der Waals surface area contributed by atoms with Crippen molar-refractivity contribution in [3.05, 3.63) is 47.5 Å². The van der Waals surface area contributed by atoms with Crippen molar-refractivity contribution < 1.29 is 9.59 Å². The van der Waals surface area contributed by atoms with Gasteiger partial charge in [0, 0.05) is 23.2 Å². The van der Waals surface area contributed by atoms with Gasteiger partial charge in [-0.05, 0) is 97.9 Å². The first-order valence-electron chi connectivity index (χ1n) is 13.2. The van der Waals surface area contributed by atoms with Gasteiger partial charge in [0.2, 0.25) is 11.8 Å². The number of rotatable bonds is 11. The monoisotopic (exact) mass is 460 g/mol. The van der Waals surface area contributed by atoms with Gasteiger partial charge in [0.05, 0.1) is 0 Å². The Bertz CT molecular complexity index is 961. The molecular weight excluding hydrogens is 420 g/mol. The SMILES string of the molecule is CCCC[C@H]1C[C@@H]1C(=O)Nc1ccc(-c2ccc(NC(=O)[C@@H]3C[C@@H]3CCCC)c(C)c2)cc1C. The van der Waals surface area contributed by atoms with Crippen LogP contribution in [0.4, 0.5) is 11.4 Å². The van der Waals surface area contributed by atoms with E-state index in [1.807, 2.05) is 26.0 Å². The van der Waals surface area contributed by atoms with E-state index in [4.69, 9.17) is 0 Å². The van der Waals surface area contributed by atoms with Gasteiger partial charge >= 0.3 is 0 Å². The molecule has 2 aromatic rings. The third kappa shape index (κ3) is 5.89. The van der Waals surface area contributed by atoms with Crippen LogP contribution < -0.4 is 10.6 Å². The van der Waals surface area contributed by atoms with Crippen LogP contribution in [0.2, 0.25) is 0 Å². The Balaban J connectivity index is 1.35. The predicted octanol–water partition coefficient (Wildman–Crippen LogP) is 7.50. The van der Waals surface area contributed by atoms with E-state index in [0.29, 0.717) is 11.8 Å². The second-order valence-corrected chi connectivity index (χ2v) is 10.5. The topological polar surface area (TPSA) is 58.2 Å². The number of amides is 2. The van der Waals surface area contributed by atoms with E-state index in [9.17, 15) is 9.59 Å². The van der Waals surface area contributed by atoms with Crippen LogP contribution in [-0.2, 0) is 9.59 Å². The Morgan fingerprint density at radius 1 is 0.735 bits per heavy atom. The third-order valence-electron chi connectivity index (χ3n) is 7.68. The first-order chi connectivity index (χ1) is 16.4. The number of hydrogen-bond donors (Lipinski definition) is 2. The molecule has 4 atom stereocenters. The summed E-state index contributed by atoms with van der Waals surface area (Å²) >= 11 is 0. The number of carbonyl (C=O) groups excluding carboxylic acids is 2. The number of unbranched alkanes of at least 4 members (excludes halogenated alkanes) is 2. The number of carbonyl (C=O) groups is 2. The lowest BCUT2D eigenvalue weighted by Gasteiger charge is -2.13. The lowest BCUT2D eigenvalue weighted by atomic mass is 9.99. The summed E-state index contributed by atoms with van der Waals surface area (Å²) in [4.78, 5) is 25.2. The zero-order valence-electron chi connectivity index (χ0n) is 21.2. The summed E-state index contributed by atoms with van der Waals surface area (Å²) < 4.78 is 0. The minimum absolute atomic E-state index is 0.167. The van der Waals surface area contributed by atoms with Gasteiger partial charge in [-0.2, -0.15) is 0 Å². The Hall–Kier alpha value is -2.62. The quantitative estimate of drug-likeness (QED) is 0.365. The summed E-state index contributed by atoms with van der Waals surface area (Å²) in [5.74, 6) is 1.86. The molecule has 4 nitrogen and oxygen atoms in total. The minimum Gasteiger partial charge on any atom is -0.326 e. The molecule has 2 aliphatic rings. The maximum Gasteiger partial charge on any atom is 0.227 e. The molecule has 0 radical (unpaired) electrons. The average Bonchev–Trinajstić information content (AvgIpc) is 3.74. The van der Waals surface area contributed by atoms with Gasteiger partial charge < -0.3 is 10.6 Å². The van der Waals surface area contributed by atoms with E-state index in [0.717, 1.165) is 46.5 Å². The van der Waals surface area contributed by atoms with Gasteiger partial charge in [-0.25, -0.2) is 0 Å². The van der Waals surface area contributed by atoms with E-state index >= 15 is 0 Å². The molecule has 2 saturated carbocycles. The van der Waals surface area contributed by atoms with Crippen molar-refractivity contribution >= 4 is 23.2 Å². The molecule has 2 fully saturated rings. The Kier molecular flexibility index (Phi) is 7.75.